The molecule has 1 aliphatic heterocycles. The molecule has 0 spiro atoms. The number of aromatic nitrogens is 3. The van der Waals surface area contributed by atoms with Crippen LogP contribution in [-0.2, 0) is 16.1 Å². The van der Waals surface area contributed by atoms with Gasteiger partial charge in [0.1, 0.15) is 0 Å². The monoisotopic (exact) mass is 318 g/mol. The predicted molar refractivity (Wildman–Crippen MR) is 74.4 cm³/mol. The molecule has 120 valence electrons. The van der Waals surface area contributed by atoms with E-state index in [9.17, 15) is 9.59 Å². The SMILES string of the molecule is Cc1noc(COc2ccc(C(=O)OC3CCNC3=O)cn2)n1. The van der Waals surface area contributed by atoms with Crippen LogP contribution in [0.25, 0.3) is 0 Å². The van der Waals surface area contributed by atoms with Crippen LogP contribution in [0.4, 0.5) is 0 Å². The number of hydrogen-bond acceptors (Lipinski definition) is 8. The normalized spacial score (nSPS) is 16.9. The van der Waals surface area contributed by atoms with Gasteiger partial charge in [-0.05, 0) is 13.0 Å². The molecule has 9 heteroatoms. The maximum absolute atomic E-state index is 11.9. The summed E-state index contributed by atoms with van der Waals surface area (Å²) in [5.41, 5.74) is 0.241. The molecule has 9 nitrogen and oxygen atoms in total. The second-order valence-corrected chi connectivity index (χ2v) is 4.88. The van der Waals surface area contributed by atoms with Crippen molar-refractivity contribution in [2.24, 2.45) is 0 Å². The highest BCUT2D eigenvalue weighted by molar-refractivity contribution is 5.92. The van der Waals surface area contributed by atoms with E-state index in [2.05, 4.69) is 20.4 Å². The van der Waals surface area contributed by atoms with Crippen LogP contribution < -0.4 is 10.1 Å². The van der Waals surface area contributed by atoms with E-state index >= 15 is 0 Å². The van der Waals surface area contributed by atoms with Gasteiger partial charge in [0, 0.05) is 25.2 Å². The van der Waals surface area contributed by atoms with Crippen molar-refractivity contribution >= 4 is 11.9 Å². The van der Waals surface area contributed by atoms with E-state index in [0.29, 0.717) is 30.6 Å². The van der Waals surface area contributed by atoms with Crippen LogP contribution in [0.3, 0.4) is 0 Å². The van der Waals surface area contributed by atoms with Gasteiger partial charge >= 0.3 is 5.97 Å². The quantitative estimate of drug-likeness (QED) is 0.787. The Morgan fingerprint density at radius 1 is 1.48 bits per heavy atom. The molecule has 1 atom stereocenters. The minimum absolute atomic E-state index is 0.0832. The van der Waals surface area contributed by atoms with Crippen molar-refractivity contribution in [1.29, 1.82) is 0 Å². The molecule has 2 aromatic rings. The number of pyridine rings is 1. The Kier molecular flexibility index (Phi) is 4.18. The summed E-state index contributed by atoms with van der Waals surface area (Å²) in [4.78, 5) is 31.3. The topological polar surface area (TPSA) is 116 Å². The number of nitrogens with one attached hydrogen (secondary N) is 1. The molecule has 1 aliphatic rings. The zero-order valence-corrected chi connectivity index (χ0v) is 12.3. The summed E-state index contributed by atoms with van der Waals surface area (Å²) in [7, 11) is 0. The van der Waals surface area contributed by atoms with Gasteiger partial charge in [-0.1, -0.05) is 5.16 Å². The number of aryl methyl sites for hydroxylation is 1. The van der Waals surface area contributed by atoms with Gasteiger partial charge in [0.2, 0.25) is 5.88 Å². The lowest BCUT2D eigenvalue weighted by atomic mass is 10.2. The Balaban J connectivity index is 1.55. The Morgan fingerprint density at radius 2 is 2.35 bits per heavy atom. The van der Waals surface area contributed by atoms with Crippen molar-refractivity contribution in [2.75, 3.05) is 6.54 Å². The molecule has 1 saturated heterocycles. The lowest BCUT2D eigenvalue weighted by molar-refractivity contribution is -0.126. The zero-order chi connectivity index (χ0) is 16.2. The van der Waals surface area contributed by atoms with E-state index in [1.54, 1.807) is 6.92 Å². The van der Waals surface area contributed by atoms with E-state index in [1.807, 2.05) is 0 Å². The molecule has 3 heterocycles. The Morgan fingerprint density at radius 3 is 2.96 bits per heavy atom. The second-order valence-electron chi connectivity index (χ2n) is 4.88. The van der Waals surface area contributed by atoms with Crippen molar-refractivity contribution in [2.45, 2.75) is 26.1 Å². The number of esters is 1. The summed E-state index contributed by atoms with van der Waals surface area (Å²) < 4.78 is 15.4. The highest BCUT2D eigenvalue weighted by atomic mass is 16.5. The fourth-order valence-electron chi connectivity index (χ4n) is 2.00. The Hall–Kier alpha value is -2.97. The molecule has 3 rings (SSSR count). The summed E-state index contributed by atoms with van der Waals surface area (Å²) in [6.07, 6.45) is 1.06. The predicted octanol–water partition coefficient (Wildman–Crippen LogP) is 0.397. The summed E-state index contributed by atoms with van der Waals surface area (Å²) >= 11 is 0. The van der Waals surface area contributed by atoms with Crippen LogP contribution in [0, 0.1) is 6.92 Å². The molecule has 1 fully saturated rings. The molecule has 0 bridgehead atoms. The smallest absolute Gasteiger partial charge is 0.340 e. The molecule has 0 aromatic carbocycles. The third-order valence-corrected chi connectivity index (χ3v) is 3.13. The lowest BCUT2D eigenvalue weighted by Crippen LogP contribution is -2.27. The van der Waals surface area contributed by atoms with Gasteiger partial charge in [-0.25, -0.2) is 9.78 Å². The molecule has 1 N–H and O–H groups in total. The number of carbonyl (C=O) groups excluding carboxylic acids is 2. The first-order valence-corrected chi connectivity index (χ1v) is 6.98. The van der Waals surface area contributed by atoms with Crippen LogP contribution in [0.5, 0.6) is 5.88 Å². The van der Waals surface area contributed by atoms with Crippen molar-refractivity contribution in [1.82, 2.24) is 20.4 Å². The number of carbonyl (C=O) groups is 2. The van der Waals surface area contributed by atoms with Crippen molar-refractivity contribution < 1.29 is 23.6 Å². The van der Waals surface area contributed by atoms with Crippen molar-refractivity contribution in [3.63, 3.8) is 0 Å². The molecule has 23 heavy (non-hydrogen) atoms. The standard InChI is InChI=1S/C14H14N4O5/c1-8-17-12(23-18-8)7-21-11-3-2-9(6-16-11)14(20)22-10-4-5-15-13(10)19/h2-3,6,10H,4-5,7H2,1H3,(H,15,19). The van der Waals surface area contributed by atoms with E-state index in [0.717, 1.165) is 0 Å². The van der Waals surface area contributed by atoms with Gasteiger partial charge in [0.15, 0.2) is 18.5 Å². The summed E-state index contributed by atoms with van der Waals surface area (Å²) in [6, 6.07) is 3.03. The van der Waals surface area contributed by atoms with Crippen LogP contribution in [0.2, 0.25) is 0 Å². The number of ether oxygens (including phenoxy) is 2. The maximum Gasteiger partial charge on any atom is 0.340 e. The number of nitrogens with zero attached hydrogens (tertiary/aromatic N) is 3. The summed E-state index contributed by atoms with van der Waals surface area (Å²) in [5.74, 6) is 0.279. The molecule has 0 saturated carbocycles. The average Bonchev–Trinajstić information content (AvgIpc) is 3.14. The highest BCUT2D eigenvalue weighted by Crippen LogP contribution is 2.13. The Bertz CT molecular complexity index is 712. The minimum Gasteiger partial charge on any atom is -0.468 e. The molecular formula is C14H14N4O5. The van der Waals surface area contributed by atoms with Gasteiger partial charge in [-0.15, -0.1) is 0 Å². The first-order chi connectivity index (χ1) is 11.1. The number of hydrogen-bond donors (Lipinski definition) is 1. The largest absolute Gasteiger partial charge is 0.468 e. The third kappa shape index (κ3) is 3.62. The Labute approximate surface area is 131 Å². The maximum atomic E-state index is 11.9. The number of rotatable bonds is 5. The average molecular weight is 318 g/mol. The lowest BCUT2D eigenvalue weighted by Gasteiger charge is -2.09. The van der Waals surface area contributed by atoms with Gasteiger partial charge in [0.25, 0.3) is 11.8 Å². The van der Waals surface area contributed by atoms with Crippen LogP contribution >= 0.6 is 0 Å². The van der Waals surface area contributed by atoms with Crippen LogP contribution in [-0.4, -0.2) is 39.6 Å². The first-order valence-electron chi connectivity index (χ1n) is 6.98. The van der Waals surface area contributed by atoms with E-state index in [4.69, 9.17) is 14.0 Å². The van der Waals surface area contributed by atoms with E-state index in [-0.39, 0.29) is 18.1 Å². The summed E-state index contributed by atoms with van der Waals surface area (Å²) in [5, 5.41) is 6.24. The highest BCUT2D eigenvalue weighted by Gasteiger charge is 2.28. The van der Waals surface area contributed by atoms with Crippen molar-refractivity contribution in [3.8, 4) is 5.88 Å². The molecular weight excluding hydrogens is 304 g/mol. The molecule has 0 aliphatic carbocycles. The fraction of sp³-hybridized carbons (Fsp3) is 0.357. The van der Waals surface area contributed by atoms with Gasteiger partial charge in [-0.2, -0.15) is 4.98 Å². The van der Waals surface area contributed by atoms with E-state index in [1.165, 1.54) is 18.3 Å². The van der Waals surface area contributed by atoms with E-state index < -0.39 is 12.1 Å². The van der Waals surface area contributed by atoms with Gasteiger partial charge < -0.3 is 19.3 Å². The summed E-state index contributed by atoms with van der Waals surface area (Å²) in [6.45, 7) is 2.30. The molecule has 0 radical (unpaired) electrons. The van der Waals surface area contributed by atoms with Crippen LogP contribution in [0.1, 0.15) is 28.5 Å². The minimum atomic E-state index is -0.737. The number of amides is 1. The molecule has 2 aromatic heterocycles. The van der Waals surface area contributed by atoms with Crippen LogP contribution in [0.15, 0.2) is 22.9 Å². The fourth-order valence-corrected chi connectivity index (χ4v) is 2.00. The zero-order valence-electron chi connectivity index (χ0n) is 12.3. The third-order valence-electron chi connectivity index (χ3n) is 3.13. The second kappa shape index (κ2) is 6.42. The first kappa shape index (κ1) is 14.9. The van der Waals surface area contributed by atoms with Gasteiger partial charge in [-0.3, -0.25) is 4.79 Å². The molecule has 1 amide bonds. The molecule has 1 unspecified atom stereocenters. The van der Waals surface area contributed by atoms with Gasteiger partial charge in [0.05, 0.1) is 5.56 Å². The van der Waals surface area contributed by atoms with Crippen molar-refractivity contribution in [3.05, 3.63) is 35.6 Å².